The third-order valence-electron chi connectivity index (χ3n) is 2.85. The second-order valence-corrected chi connectivity index (χ2v) is 5.12. The van der Waals surface area contributed by atoms with E-state index in [1.54, 1.807) is 0 Å². The minimum absolute atomic E-state index is 0.493. The lowest BCUT2D eigenvalue weighted by atomic mass is 10.1. The van der Waals surface area contributed by atoms with Gasteiger partial charge in [-0.1, -0.05) is 28.1 Å². The molecule has 0 aliphatic carbocycles. The van der Waals surface area contributed by atoms with E-state index in [2.05, 4.69) is 22.0 Å². The van der Waals surface area contributed by atoms with E-state index in [4.69, 9.17) is 4.74 Å². The Kier molecular flexibility index (Phi) is 5.16. The fourth-order valence-electron chi connectivity index (χ4n) is 1.85. The van der Waals surface area contributed by atoms with Gasteiger partial charge in [0.15, 0.2) is 0 Å². The maximum absolute atomic E-state index is 9.36. The number of hydrogen-bond donors (Lipinski definition) is 0. The van der Waals surface area contributed by atoms with Crippen LogP contribution in [0.3, 0.4) is 0 Å². The Balaban J connectivity index is 2.32. The topological polar surface area (TPSA) is 38.0 Å². The van der Waals surface area contributed by atoms with Gasteiger partial charge in [0, 0.05) is 23.0 Å². The molecular weight excluding hydrogens is 316 g/mol. The molecule has 3 nitrogen and oxygen atoms in total. The largest absolute Gasteiger partial charge is 0.361 e. The molecule has 0 aliphatic rings. The summed E-state index contributed by atoms with van der Waals surface area (Å²) in [6.45, 7) is 3.12. The van der Waals surface area contributed by atoms with Crippen molar-refractivity contribution in [2.45, 2.75) is 13.7 Å². The zero-order valence-electron chi connectivity index (χ0n) is 11.2. The second-order valence-electron chi connectivity index (χ2n) is 4.20. The van der Waals surface area contributed by atoms with Gasteiger partial charge in [0.2, 0.25) is 0 Å². The second kappa shape index (κ2) is 7.09. The molecule has 0 N–H and O–H groups in total. The number of allylic oxidation sites excluding steroid dienone is 1. The highest BCUT2D eigenvalue weighted by atomic mass is 79.9. The molecule has 0 unspecified atom stereocenters. The lowest BCUT2D eigenvalue weighted by Crippen LogP contribution is -2.02. The van der Waals surface area contributed by atoms with E-state index >= 15 is 0 Å². The normalized spacial score (nSPS) is 11.3. The molecule has 4 heteroatoms. The van der Waals surface area contributed by atoms with Crippen molar-refractivity contribution in [1.82, 2.24) is 4.57 Å². The molecule has 1 aromatic carbocycles. The minimum atomic E-state index is 0.493. The summed E-state index contributed by atoms with van der Waals surface area (Å²) in [6.07, 6.45) is 3.82. The van der Waals surface area contributed by atoms with Crippen LogP contribution in [0.1, 0.15) is 18.2 Å². The zero-order valence-corrected chi connectivity index (χ0v) is 12.8. The van der Waals surface area contributed by atoms with Gasteiger partial charge in [-0.2, -0.15) is 5.26 Å². The number of benzene rings is 1. The van der Waals surface area contributed by atoms with E-state index in [1.165, 1.54) is 0 Å². The first kappa shape index (κ1) is 14.6. The number of hydrogen-bond acceptors (Lipinski definition) is 2. The number of ether oxygens (including phenoxy) is 1. The van der Waals surface area contributed by atoms with Crippen molar-refractivity contribution in [3.63, 3.8) is 0 Å². The summed E-state index contributed by atoms with van der Waals surface area (Å²) in [5, 5.41) is 9.36. The predicted molar refractivity (Wildman–Crippen MR) is 83.7 cm³/mol. The van der Waals surface area contributed by atoms with Crippen LogP contribution in [0.4, 0.5) is 0 Å². The summed E-state index contributed by atoms with van der Waals surface area (Å²) in [4.78, 5) is 0. The highest BCUT2D eigenvalue weighted by Gasteiger charge is 2.04. The molecule has 0 aliphatic heterocycles. The molecule has 2 aromatic rings. The fourth-order valence-corrected chi connectivity index (χ4v) is 2.25. The highest BCUT2D eigenvalue weighted by molar-refractivity contribution is 9.10. The molecule has 20 heavy (non-hydrogen) atoms. The Morgan fingerprint density at radius 1 is 1.40 bits per heavy atom. The first-order valence-corrected chi connectivity index (χ1v) is 7.14. The summed E-state index contributed by atoms with van der Waals surface area (Å²) in [5.41, 5.74) is 2.48. The number of nitriles is 1. The third kappa shape index (κ3) is 3.60. The van der Waals surface area contributed by atoms with Gasteiger partial charge in [0.25, 0.3) is 0 Å². The maximum atomic E-state index is 9.36. The molecule has 0 spiro atoms. The van der Waals surface area contributed by atoms with Gasteiger partial charge in [-0.05, 0) is 42.8 Å². The first-order chi connectivity index (χ1) is 9.74. The average molecular weight is 331 g/mol. The highest BCUT2D eigenvalue weighted by Crippen LogP contribution is 2.21. The van der Waals surface area contributed by atoms with Gasteiger partial charge in [0.1, 0.15) is 6.73 Å². The Morgan fingerprint density at radius 3 is 2.95 bits per heavy atom. The SMILES string of the molecule is CCOCn1cccc1/C=C(\C#N)c1cccc(Br)c1. The maximum Gasteiger partial charge on any atom is 0.122 e. The van der Waals surface area contributed by atoms with Gasteiger partial charge >= 0.3 is 0 Å². The number of nitrogens with zero attached hydrogens (tertiary/aromatic N) is 2. The molecule has 0 saturated carbocycles. The van der Waals surface area contributed by atoms with Gasteiger partial charge in [-0.25, -0.2) is 0 Å². The summed E-state index contributed by atoms with van der Waals surface area (Å²) >= 11 is 3.42. The molecule has 0 atom stereocenters. The van der Waals surface area contributed by atoms with Crippen LogP contribution in [-0.4, -0.2) is 11.2 Å². The number of aromatic nitrogens is 1. The third-order valence-corrected chi connectivity index (χ3v) is 3.34. The summed E-state index contributed by atoms with van der Waals surface area (Å²) < 4.78 is 8.33. The molecule has 1 aromatic heterocycles. The molecule has 1 heterocycles. The molecule has 0 amide bonds. The standard InChI is InChI=1S/C16H15BrN2O/c1-2-20-12-19-8-4-7-16(19)10-14(11-18)13-5-3-6-15(17)9-13/h3-10H,2,12H2,1H3/b14-10+. The van der Waals surface area contributed by atoms with E-state index < -0.39 is 0 Å². The molecule has 0 saturated heterocycles. The van der Waals surface area contributed by atoms with Crippen molar-refractivity contribution in [2.24, 2.45) is 0 Å². The smallest absolute Gasteiger partial charge is 0.122 e. The van der Waals surface area contributed by atoms with Crippen LogP contribution in [0.15, 0.2) is 47.1 Å². The molecule has 0 radical (unpaired) electrons. The molecule has 0 bridgehead atoms. The Labute approximate surface area is 127 Å². The van der Waals surface area contributed by atoms with Crippen molar-refractivity contribution in [1.29, 1.82) is 5.26 Å². The lowest BCUT2D eigenvalue weighted by Gasteiger charge is -2.07. The van der Waals surface area contributed by atoms with Crippen LogP contribution >= 0.6 is 15.9 Å². The van der Waals surface area contributed by atoms with Gasteiger partial charge < -0.3 is 9.30 Å². The predicted octanol–water partition coefficient (Wildman–Crippen LogP) is 4.31. The number of rotatable bonds is 5. The number of halogens is 1. The first-order valence-electron chi connectivity index (χ1n) is 6.35. The van der Waals surface area contributed by atoms with E-state index in [0.717, 1.165) is 15.7 Å². The van der Waals surface area contributed by atoms with Crippen molar-refractivity contribution < 1.29 is 4.74 Å². The van der Waals surface area contributed by atoms with Gasteiger partial charge in [-0.15, -0.1) is 0 Å². The van der Waals surface area contributed by atoms with Crippen LogP contribution in [0, 0.1) is 11.3 Å². The summed E-state index contributed by atoms with van der Waals surface area (Å²) in [5.74, 6) is 0. The fraction of sp³-hybridized carbons (Fsp3) is 0.188. The van der Waals surface area contributed by atoms with Crippen LogP contribution in [0.5, 0.6) is 0 Å². The Hall–Kier alpha value is -1.83. The quantitative estimate of drug-likeness (QED) is 0.766. The van der Waals surface area contributed by atoms with Crippen LogP contribution in [0.2, 0.25) is 0 Å². The molecular formula is C16H15BrN2O. The lowest BCUT2D eigenvalue weighted by molar-refractivity contribution is 0.0877. The van der Waals surface area contributed by atoms with E-state index in [9.17, 15) is 5.26 Å². The Morgan fingerprint density at radius 2 is 2.25 bits per heavy atom. The van der Waals surface area contributed by atoms with Crippen molar-refractivity contribution in [2.75, 3.05) is 6.61 Å². The minimum Gasteiger partial charge on any atom is -0.361 e. The summed E-state index contributed by atoms with van der Waals surface area (Å²) in [6, 6.07) is 13.9. The van der Waals surface area contributed by atoms with E-state index in [1.807, 2.05) is 60.2 Å². The zero-order chi connectivity index (χ0) is 14.4. The molecule has 2 rings (SSSR count). The van der Waals surface area contributed by atoms with E-state index in [-0.39, 0.29) is 0 Å². The van der Waals surface area contributed by atoms with Crippen molar-refractivity contribution in [3.05, 3.63) is 58.3 Å². The van der Waals surface area contributed by atoms with Crippen LogP contribution in [0.25, 0.3) is 11.6 Å². The van der Waals surface area contributed by atoms with Gasteiger partial charge in [-0.3, -0.25) is 0 Å². The van der Waals surface area contributed by atoms with E-state index in [0.29, 0.717) is 18.9 Å². The molecule has 102 valence electrons. The average Bonchev–Trinajstić information content (AvgIpc) is 2.89. The summed E-state index contributed by atoms with van der Waals surface area (Å²) in [7, 11) is 0. The Bertz CT molecular complexity index is 652. The van der Waals surface area contributed by atoms with Crippen molar-refractivity contribution >= 4 is 27.6 Å². The van der Waals surface area contributed by atoms with Gasteiger partial charge in [0.05, 0.1) is 11.6 Å². The van der Waals surface area contributed by atoms with Crippen molar-refractivity contribution in [3.8, 4) is 6.07 Å². The monoisotopic (exact) mass is 330 g/mol. The van der Waals surface area contributed by atoms with Crippen LogP contribution in [-0.2, 0) is 11.5 Å². The van der Waals surface area contributed by atoms with Crippen LogP contribution < -0.4 is 0 Å². The molecule has 0 fully saturated rings.